The minimum atomic E-state index is -1.20. The Morgan fingerprint density at radius 1 is 1.04 bits per heavy atom. The van der Waals surface area contributed by atoms with Crippen molar-refractivity contribution in [3.8, 4) is 17.3 Å². The summed E-state index contributed by atoms with van der Waals surface area (Å²) >= 11 is 6.02. The van der Waals surface area contributed by atoms with Gasteiger partial charge in [-0.3, -0.25) is 14.3 Å². The van der Waals surface area contributed by atoms with Gasteiger partial charge in [-0.05, 0) is 68.1 Å². The molecule has 0 bridgehead atoms. The number of nitrogens with one attached hydrogen (secondary N) is 2. The number of ether oxygens (including phenoxy) is 3. The van der Waals surface area contributed by atoms with Crippen molar-refractivity contribution in [1.82, 2.24) is 29.6 Å². The summed E-state index contributed by atoms with van der Waals surface area (Å²) in [6, 6.07) is 16.5. The second-order valence-corrected chi connectivity index (χ2v) is 20.6. The molecule has 1 amide bonds. The molecule has 2 saturated heterocycles. The second kappa shape index (κ2) is 17.1. The summed E-state index contributed by atoms with van der Waals surface area (Å²) in [6.07, 6.45) is 5.14. The highest BCUT2D eigenvalue weighted by Gasteiger charge is 2.24. The number of carbonyl (C=O) groups excluding carboxylic acids is 1. The predicted octanol–water partition coefficient (Wildman–Crippen LogP) is 6.28. The Kier molecular flexibility index (Phi) is 12.4. The number of rotatable bonds is 16. The van der Waals surface area contributed by atoms with Crippen LogP contribution in [0.1, 0.15) is 36.5 Å². The van der Waals surface area contributed by atoms with Crippen LogP contribution in [0.25, 0.3) is 11.4 Å². The van der Waals surface area contributed by atoms with E-state index in [1.165, 1.54) is 0 Å². The van der Waals surface area contributed by atoms with E-state index < -0.39 is 8.07 Å². The summed E-state index contributed by atoms with van der Waals surface area (Å²) in [5, 5.41) is 16.2. The van der Waals surface area contributed by atoms with Crippen LogP contribution < -0.4 is 15.4 Å². The van der Waals surface area contributed by atoms with Gasteiger partial charge in [0.2, 0.25) is 11.8 Å². The molecule has 0 radical (unpaired) electrons. The van der Waals surface area contributed by atoms with Crippen molar-refractivity contribution < 1.29 is 19.0 Å². The van der Waals surface area contributed by atoms with Crippen LogP contribution in [0.2, 0.25) is 30.7 Å². The molecule has 1 unspecified atom stereocenters. The zero-order valence-electron chi connectivity index (χ0n) is 30.0. The largest absolute Gasteiger partial charge is 0.474 e. The van der Waals surface area contributed by atoms with Crippen molar-refractivity contribution in [3.63, 3.8) is 0 Å². The van der Waals surface area contributed by atoms with Crippen LogP contribution >= 0.6 is 11.6 Å². The summed E-state index contributed by atoms with van der Waals surface area (Å²) in [6.45, 7) is 13.2. The Balaban J connectivity index is 1.05. The highest BCUT2D eigenvalue weighted by Crippen LogP contribution is 2.30. The Labute approximate surface area is 306 Å². The molecule has 6 rings (SSSR count). The number of aryl methyl sites for hydroxylation is 1. The molecule has 2 aliphatic heterocycles. The van der Waals surface area contributed by atoms with E-state index in [0.717, 1.165) is 67.6 Å². The standard InChI is InChI=1S/C37H49ClN8O4Si/c1-26-43-44-37(46(26)25-48-19-20-51(2,3)4)28-7-10-32(40-23-31-14-18-49-31)33(22-28)41-35(47)24-45-16-12-30(13-17-45)50-36-11-15-39-34(42-36)21-27-5-8-29(38)9-6-27/h5-11,15,22,30-31,40H,12-14,16-21,23-25H2,1-4H3,(H,41,47). The van der Waals surface area contributed by atoms with Crippen LogP contribution in [-0.2, 0) is 27.4 Å². The zero-order chi connectivity index (χ0) is 35.8. The van der Waals surface area contributed by atoms with Crippen molar-refractivity contribution in [3.05, 3.63) is 77.0 Å². The van der Waals surface area contributed by atoms with Gasteiger partial charge >= 0.3 is 0 Å². The third kappa shape index (κ3) is 10.8. The van der Waals surface area contributed by atoms with Crippen molar-refractivity contribution in [2.45, 2.75) is 77.2 Å². The normalized spacial score (nSPS) is 16.8. The molecule has 2 fully saturated rings. The molecule has 2 N–H and O–H groups in total. The lowest BCUT2D eigenvalue weighted by Gasteiger charge is -2.31. The van der Waals surface area contributed by atoms with Gasteiger partial charge in [-0.15, -0.1) is 10.2 Å². The van der Waals surface area contributed by atoms with Gasteiger partial charge < -0.3 is 24.8 Å². The Morgan fingerprint density at radius 3 is 2.55 bits per heavy atom. The quantitative estimate of drug-likeness (QED) is 0.100. The first-order valence-corrected chi connectivity index (χ1v) is 21.9. The molecule has 14 heteroatoms. The maximum atomic E-state index is 13.5. The molecule has 2 aromatic carbocycles. The van der Waals surface area contributed by atoms with Crippen molar-refractivity contribution in [2.24, 2.45) is 0 Å². The third-order valence-electron chi connectivity index (χ3n) is 9.16. The molecule has 51 heavy (non-hydrogen) atoms. The number of halogens is 1. The first-order chi connectivity index (χ1) is 24.6. The molecule has 0 saturated carbocycles. The third-order valence-corrected chi connectivity index (χ3v) is 11.1. The van der Waals surface area contributed by atoms with Gasteiger partial charge in [0.1, 0.15) is 24.5 Å². The predicted molar refractivity (Wildman–Crippen MR) is 202 cm³/mol. The SMILES string of the molecule is Cc1nnc(-c2ccc(NCC3CCO3)c(NC(=O)CN3CCC(Oc4ccnc(Cc5ccc(Cl)cc5)n4)CC3)c2)n1COCC[Si](C)(C)C. The van der Waals surface area contributed by atoms with E-state index in [2.05, 4.69) is 55.3 Å². The number of nitrogens with zero attached hydrogens (tertiary/aromatic N) is 6. The molecule has 1 atom stereocenters. The first-order valence-electron chi connectivity index (χ1n) is 17.8. The molecular formula is C37H49ClN8O4Si. The fraction of sp³-hybridized carbons (Fsp3) is 0.486. The van der Waals surface area contributed by atoms with E-state index >= 15 is 0 Å². The Morgan fingerprint density at radius 2 is 1.82 bits per heavy atom. The van der Waals surface area contributed by atoms with Gasteiger partial charge in [0, 0.05) is 70.2 Å². The number of piperidine rings is 1. The number of benzene rings is 2. The van der Waals surface area contributed by atoms with Crippen molar-refractivity contribution >= 4 is 37.0 Å². The van der Waals surface area contributed by atoms with Crippen molar-refractivity contribution in [1.29, 1.82) is 0 Å². The van der Waals surface area contributed by atoms with E-state index in [-0.39, 0.29) is 24.7 Å². The summed E-state index contributed by atoms with van der Waals surface area (Å²) in [4.78, 5) is 24.7. The van der Waals surface area contributed by atoms with Gasteiger partial charge in [-0.25, -0.2) is 4.98 Å². The summed E-state index contributed by atoms with van der Waals surface area (Å²) in [5.74, 6) is 2.67. The fourth-order valence-corrected chi connectivity index (χ4v) is 6.84. The summed E-state index contributed by atoms with van der Waals surface area (Å²) in [5.41, 5.74) is 3.47. The molecule has 0 aliphatic carbocycles. The molecule has 272 valence electrons. The van der Waals surface area contributed by atoms with E-state index in [4.69, 9.17) is 25.8 Å². The molecule has 2 aromatic heterocycles. The highest BCUT2D eigenvalue weighted by atomic mass is 35.5. The van der Waals surface area contributed by atoms with Crippen LogP contribution in [0, 0.1) is 6.92 Å². The Bertz CT molecular complexity index is 1750. The number of carbonyl (C=O) groups is 1. The average molecular weight is 733 g/mol. The maximum absolute atomic E-state index is 13.5. The smallest absolute Gasteiger partial charge is 0.238 e. The van der Waals surface area contributed by atoms with Crippen molar-refractivity contribution in [2.75, 3.05) is 50.0 Å². The molecule has 4 heterocycles. The van der Waals surface area contributed by atoms with E-state index in [1.54, 1.807) is 12.3 Å². The maximum Gasteiger partial charge on any atom is 0.238 e. The van der Waals surface area contributed by atoms with Crippen LogP contribution in [0.5, 0.6) is 5.88 Å². The molecule has 0 spiro atoms. The van der Waals surface area contributed by atoms with Gasteiger partial charge in [0.15, 0.2) is 5.82 Å². The highest BCUT2D eigenvalue weighted by molar-refractivity contribution is 6.76. The van der Waals surface area contributed by atoms with Crippen LogP contribution in [0.15, 0.2) is 54.7 Å². The van der Waals surface area contributed by atoms with E-state index in [9.17, 15) is 4.79 Å². The van der Waals surface area contributed by atoms with E-state index in [0.29, 0.717) is 54.5 Å². The van der Waals surface area contributed by atoms with Crippen LogP contribution in [-0.4, -0.2) is 95.2 Å². The zero-order valence-corrected chi connectivity index (χ0v) is 31.8. The molecule has 12 nitrogen and oxygen atoms in total. The average Bonchev–Trinajstić information content (AvgIpc) is 3.44. The van der Waals surface area contributed by atoms with Gasteiger partial charge in [0.05, 0.1) is 24.0 Å². The summed E-state index contributed by atoms with van der Waals surface area (Å²) < 4.78 is 19.9. The topological polar surface area (TPSA) is 129 Å². The minimum absolute atomic E-state index is 0.0177. The number of likely N-dealkylation sites (tertiary alicyclic amines) is 1. The second-order valence-electron chi connectivity index (χ2n) is 14.5. The number of hydrogen-bond acceptors (Lipinski definition) is 10. The van der Waals surface area contributed by atoms with Gasteiger partial charge in [-0.2, -0.15) is 4.98 Å². The lowest BCUT2D eigenvalue weighted by molar-refractivity contribution is -0.117. The van der Waals surface area contributed by atoms with E-state index in [1.807, 2.05) is 54.0 Å². The molecule has 4 aromatic rings. The van der Waals surface area contributed by atoms with Gasteiger partial charge in [-0.1, -0.05) is 43.4 Å². The number of hydrogen-bond donors (Lipinski definition) is 2. The summed E-state index contributed by atoms with van der Waals surface area (Å²) in [7, 11) is -1.20. The number of anilines is 2. The first kappa shape index (κ1) is 36.9. The monoisotopic (exact) mass is 732 g/mol. The number of aromatic nitrogens is 5. The van der Waals surface area contributed by atoms with Crippen LogP contribution in [0.3, 0.4) is 0 Å². The minimum Gasteiger partial charge on any atom is -0.474 e. The van der Waals surface area contributed by atoms with Crippen LogP contribution in [0.4, 0.5) is 11.4 Å². The molecular weight excluding hydrogens is 684 g/mol. The lowest BCUT2D eigenvalue weighted by Crippen LogP contribution is -2.42. The fourth-order valence-electron chi connectivity index (χ4n) is 5.96. The lowest BCUT2D eigenvalue weighted by atomic mass is 10.1. The molecule has 2 aliphatic rings. The Hall–Kier alpha value is -3.88. The number of amides is 1. The van der Waals surface area contributed by atoms with Gasteiger partial charge in [0.25, 0.3) is 0 Å².